The monoisotopic (exact) mass is 321 g/mol. The number of para-hydroxylation sites is 1. The minimum Gasteiger partial charge on any atom is -0.398 e. The zero-order valence-corrected chi connectivity index (χ0v) is 14.0. The van der Waals surface area contributed by atoms with Gasteiger partial charge in [0.1, 0.15) is 0 Å². The van der Waals surface area contributed by atoms with E-state index in [1.807, 2.05) is 29.2 Å². The molecule has 2 heterocycles. The first kappa shape index (κ1) is 15.1. The van der Waals surface area contributed by atoms with Crippen LogP contribution in [-0.4, -0.2) is 25.0 Å². The SMILES string of the molecule is CC1Cc2ccccc2N1C(=O)CN1CCCc2c(N)cccc21. The first-order valence-corrected chi connectivity index (χ1v) is 8.67. The van der Waals surface area contributed by atoms with Crippen LogP contribution in [0.4, 0.5) is 17.1 Å². The molecule has 0 spiro atoms. The van der Waals surface area contributed by atoms with E-state index >= 15 is 0 Å². The summed E-state index contributed by atoms with van der Waals surface area (Å²) in [6.45, 7) is 3.45. The van der Waals surface area contributed by atoms with Gasteiger partial charge < -0.3 is 15.5 Å². The average molecular weight is 321 g/mol. The maximum Gasteiger partial charge on any atom is 0.246 e. The minimum atomic E-state index is 0.169. The fraction of sp³-hybridized carbons (Fsp3) is 0.350. The lowest BCUT2D eigenvalue weighted by Gasteiger charge is -2.33. The second kappa shape index (κ2) is 5.86. The summed E-state index contributed by atoms with van der Waals surface area (Å²) in [7, 11) is 0. The largest absolute Gasteiger partial charge is 0.398 e. The maximum absolute atomic E-state index is 13.0. The van der Waals surface area contributed by atoms with Gasteiger partial charge in [0.25, 0.3) is 0 Å². The summed E-state index contributed by atoms with van der Waals surface area (Å²) < 4.78 is 0. The third-order valence-electron chi connectivity index (χ3n) is 5.19. The van der Waals surface area contributed by atoms with Gasteiger partial charge in [-0.05, 0) is 55.5 Å². The number of carbonyl (C=O) groups is 1. The number of rotatable bonds is 2. The number of carbonyl (C=O) groups excluding carboxylic acids is 1. The van der Waals surface area contributed by atoms with Gasteiger partial charge in [-0.1, -0.05) is 24.3 Å². The van der Waals surface area contributed by atoms with Crippen molar-refractivity contribution in [3.63, 3.8) is 0 Å². The Morgan fingerprint density at radius 2 is 1.96 bits per heavy atom. The van der Waals surface area contributed by atoms with Crippen LogP contribution in [0.5, 0.6) is 0 Å². The van der Waals surface area contributed by atoms with Crippen LogP contribution in [0.2, 0.25) is 0 Å². The number of benzene rings is 2. The van der Waals surface area contributed by atoms with Crippen LogP contribution in [-0.2, 0) is 17.6 Å². The fourth-order valence-electron chi connectivity index (χ4n) is 4.08. The second-order valence-electron chi connectivity index (χ2n) is 6.82. The Morgan fingerprint density at radius 3 is 2.83 bits per heavy atom. The smallest absolute Gasteiger partial charge is 0.246 e. The van der Waals surface area contributed by atoms with E-state index in [2.05, 4.69) is 30.0 Å². The molecule has 1 atom stereocenters. The predicted octanol–water partition coefficient (Wildman–Crippen LogP) is 3.00. The van der Waals surface area contributed by atoms with Gasteiger partial charge in [-0.25, -0.2) is 0 Å². The molecular formula is C20H23N3O. The highest BCUT2D eigenvalue weighted by Crippen LogP contribution is 2.34. The molecule has 0 aromatic heterocycles. The number of fused-ring (bicyclic) bond motifs is 2. The van der Waals surface area contributed by atoms with E-state index in [4.69, 9.17) is 5.73 Å². The van der Waals surface area contributed by atoms with Crippen molar-refractivity contribution in [3.05, 3.63) is 53.6 Å². The maximum atomic E-state index is 13.0. The number of nitrogen functional groups attached to an aromatic ring is 1. The summed E-state index contributed by atoms with van der Waals surface area (Å²) in [5.41, 5.74) is 11.6. The van der Waals surface area contributed by atoms with Gasteiger partial charge in [0.15, 0.2) is 0 Å². The summed E-state index contributed by atoms with van der Waals surface area (Å²) in [4.78, 5) is 17.2. The second-order valence-corrected chi connectivity index (χ2v) is 6.82. The van der Waals surface area contributed by atoms with Crippen LogP contribution in [0.15, 0.2) is 42.5 Å². The Labute approximate surface area is 142 Å². The summed E-state index contributed by atoms with van der Waals surface area (Å²) >= 11 is 0. The van der Waals surface area contributed by atoms with Crippen LogP contribution in [0.1, 0.15) is 24.5 Å². The molecule has 2 aromatic carbocycles. The van der Waals surface area contributed by atoms with Gasteiger partial charge in [-0.2, -0.15) is 0 Å². The molecular weight excluding hydrogens is 298 g/mol. The molecule has 24 heavy (non-hydrogen) atoms. The molecule has 0 aliphatic carbocycles. The molecule has 0 fully saturated rings. The number of amides is 1. The number of nitrogens with zero attached hydrogens (tertiary/aromatic N) is 2. The number of anilines is 3. The van der Waals surface area contributed by atoms with Crippen molar-refractivity contribution in [1.29, 1.82) is 0 Å². The molecule has 1 amide bonds. The van der Waals surface area contributed by atoms with Gasteiger partial charge in [0.05, 0.1) is 6.54 Å². The minimum absolute atomic E-state index is 0.169. The van der Waals surface area contributed by atoms with Crippen LogP contribution in [0.25, 0.3) is 0 Å². The molecule has 2 aliphatic heterocycles. The molecule has 2 aromatic rings. The molecule has 1 unspecified atom stereocenters. The highest BCUT2D eigenvalue weighted by molar-refractivity contribution is 5.99. The molecule has 4 heteroatoms. The molecule has 124 valence electrons. The number of nitrogens with two attached hydrogens (primary N) is 1. The Bertz CT molecular complexity index is 786. The van der Waals surface area contributed by atoms with Crippen molar-refractivity contribution in [2.75, 3.05) is 28.6 Å². The van der Waals surface area contributed by atoms with Gasteiger partial charge in [0, 0.05) is 29.6 Å². The highest BCUT2D eigenvalue weighted by atomic mass is 16.2. The molecule has 4 rings (SSSR count). The van der Waals surface area contributed by atoms with Gasteiger partial charge in [-0.15, -0.1) is 0 Å². The zero-order valence-electron chi connectivity index (χ0n) is 14.0. The van der Waals surface area contributed by atoms with Crippen LogP contribution in [0.3, 0.4) is 0 Å². The lowest BCUT2D eigenvalue weighted by molar-refractivity contribution is -0.117. The highest BCUT2D eigenvalue weighted by Gasteiger charge is 2.32. The Hall–Kier alpha value is -2.49. The third kappa shape index (κ3) is 2.42. The average Bonchev–Trinajstić information content (AvgIpc) is 2.91. The van der Waals surface area contributed by atoms with Gasteiger partial charge in [0.2, 0.25) is 5.91 Å². The summed E-state index contributed by atoms with van der Waals surface area (Å²) in [6.07, 6.45) is 2.97. The van der Waals surface area contributed by atoms with Crippen LogP contribution >= 0.6 is 0 Å². The molecule has 2 N–H and O–H groups in total. The first-order valence-electron chi connectivity index (χ1n) is 8.67. The lowest BCUT2D eigenvalue weighted by Crippen LogP contribution is -2.44. The first-order chi connectivity index (χ1) is 11.6. The quantitative estimate of drug-likeness (QED) is 0.865. The number of hydrogen-bond acceptors (Lipinski definition) is 3. The summed E-state index contributed by atoms with van der Waals surface area (Å²) in [5, 5.41) is 0. The van der Waals surface area contributed by atoms with Gasteiger partial charge in [-0.3, -0.25) is 4.79 Å². The zero-order chi connectivity index (χ0) is 16.7. The van der Waals surface area contributed by atoms with E-state index in [1.54, 1.807) is 0 Å². The molecule has 2 aliphatic rings. The Morgan fingerprint density at radius 1 is 1.17 bits per heavy atom. The van der Waals surface area contributed by atoms with Crippen LogP contribution in [0, 0.1) is 0 Å². The van der Waals surface area contributed by atoms with Crippen molar-refractivity contribution >= 4 is 23.0 Å². The number of hydrogen-bond donors (Lipinski definition) is 1. The van der Waals surface area contributed by atoms with Crippen molar-refractivity contribution in [3.8, 4) is 0 Å². The predicted molar refractivity (Wildman–Crippen MR) is 98.5 cm³/mol. The lowest BCUT2D eigenvalue weighted by atomic mass is 10.00. The fourth-order valence-corrected chi connectivity index (χ4v) is 4.08. The molecule has 0 radical (unpaired) electrons. The van der Waals surface area contributed by atoms with E-state index in [0.29, 0.717) is 6.54 Å². The van der Waals surface area contributed by atoms with Crippen molar-refractivity contribution < 1.29 is 4.79 Å². The Balaban J connectivity index is 1.59. The molecule has 0 bridgehead atoms. The van der Waals surface area contributed by atoms with E-state index in [1.165, 1.54) is 11.1 Å². The van der Waals surface area contributed by atoms with Gasteiger partial charge >= 0.3 is 0 Å². The summed E-state index contributed by atoms with van der Waals surface area (Å²) in [6, 6.07) is 14.5. The van der Waals surface area contributed by atoms with E-state index < -0.39 is 0 Å². The van der Waals surface area contributed by atoms with Crippen molar-refractivity contribution in [1.82, 2.24) is 0 Å². The standard InChI is InChI=1S/C20H23N3O/c1-14-12-15-6-2-3-9-18(15)23(14)20(24)13-22-11-5-7-16-17(21)8-4-10-19(16)22/h2-4,6,8-10,14H,5,7,11-13,21H2,1H3. The van der Waals surface area contributed by atoms with E-state index in [9.17, 15) is 4.79 Å². The molecule has 0 saturated carbocycles. The topological polar surface area (TPSA) is 49.6 Å². The molecule has 4 nitrogen and oxygen atoms in total. The van der Waals surface area contributed by atoms with Crippen molar-refractivity contribution in [2.24, 2.45) is 0 Å². The van der Waals surface area contributed by atoms with E-state index in [0.717, 1.165) is 42.9 Å². The van der Waals surface area contributed by atoms with Crippen molar-refractivity contribution in [2.45, 2.75) is 32.2 Å². The molecule has 0 saturated heterocycles. The van der Waals surface area contributed by atoms with Crippen LogP contribution < -0.4 is 15.5 Å². The van der Waals surface area contributed by atoms with E-state index in [-0.39, 0.29) is 11.9 Å². The Kier molecular flexibility index (Phi) is 3.68. The third-order valence-corrected chi connectivity index (χ3v) is 5.19. The normalized spacial score (nSPS) is 19.1. The summed E-state index contributed by atoms with van der Waals surface area (Å²) in [5.74, 6) is 0.169.